The van der Waals surface area contributed by atoms with Crippen molar-refractivity contribution in [2.24, 2.45) is 5.73 Å². The zero-order chi connectivity index (χ0) is 6.91. The van der Waals surface area contributed by atoms with Gasteiger partial charge < -0.3 is 11.1 Å². The first-order valence-electron chi connectivity index (χ1n) is 2.78. The highest BCUT2D eigenvalue weighted by atomic mass is 32.2. The summed E-state index contributed by atoms with van der Waals surface area (Å²) in [4.78, 5) is 10.9. The summed E-state index contributed by atoms with van der Waals surface area (Å²) in [6.45, 7) is 0. The molecular formula is C5H10N2OS. The minimum absolute atomic E-state index is 0.0405. The number of likely N-dealkylation sites (N-methyl/N-ethyl adjacent to an activating group) is 1. The molecule has 0 bridgehead atoms. The third kappa shape index (κ3) is 1.04. The maximum Gasteiger partial charge on any atom is 0.241 e. The highest BCUT2D eigenvalue weighted by molar-refractivity contribution is 8.01. The average molecular weight is 146 g/mol. The van der Waals surface area contributed by atoms with Crippen molar-refractivity contribution in [1.82, 2.24) is 5.32 Å². The SMILES string of the molecule is CNC(=O)C1(N)CSC1. The van der Waals surface area contributed by atoms with E-state index in [4.69, 9.17) is 5.73 Å². The maximum absolute atomic E-state index is 10.9. The lowest BCUT2D eigenvalue weighted by molar-refractivity contribution is -0.124. The molecule has 1 saturated heterocycles. The minimum Gasteiger partial charge on any atom is -0.358 e. The van der Waals surface area contributed by atoms with Gasteiger partial charge in [0.2, 0.25) is 5.91 Å². The van der Waals surface area contributed by atoms with E-state index in [1.807, 2.05) is 0 Å². The Kier molecular flexibility index (Phi) is 1.68. The Balaban J connectivity index is 2.49. The molecule has 3 N–H and O–H groups in total. The number of rotatable bonds is 1. The van der Waals surface area contributed by atoms with Crippen molar-refractivity contribution in [2.75, 3.05) is 18.6 Å². The fourth-order valence-electron chi connectivity index (χ4n) is 0.702. The minimum atomic E-state index is -0.556. The van der Waals surface area contributed by atoms with Gasteiger partial charge in [0.15, 0.2) is 0 Å². The second-order valence-electron chi connectivity index (χ2n) is 2.23. The fraction of sp³-hybridized carbons (Fsp3) is 0.800. The summed E-state index contributed by atoms with van der Waals surface area (Å²) in [6.07, 6.45) is 0. The van der Waals surface area contributed by atoms with E-state index < -0.39 is 5.54 Å². The molecule has 0 atom stereocenters. The molecule has 1 rings (SSSR count). The molecule has 52 valence electrons. The van der Waals surface area contributed by atoms with Crippen molar-refractivity contribution in [3.63, 3.8) is 0 Å². The van der Waals surface area contributed by atoms with E-state index in [0.717, 1.165) is 11.5 Å². The first-order valence-corrected chi connectivity index (χ1v) is 3.93. The predicted octanol–water partition coefficient (Wildman–Crippen LogP) is -0.823. The monoisotopic (exact) mass is 146 g/mol. The zero-order valence-electron chi connectivity index (χ0n) is 5.31. The van der Waals surface area contributed by atoms with Gasteiger partial charge in [0.1, 0.15) is 5.54 Å². The van der Waals surface area contributed by atoms with Crippen molar-refractivity contribution in [1.29, 1.82) is 0 Å². The molecule has 4 heteroatoms. The predicted molar refractivity (Wildman–Crippen MR) is 38.3 cm³/mol. The molecule has 0 aromatic rings. The van der Waals surface area contributed by atoms with Crippen LogP contribution in [0, 0.1) is 0 Å². The van der Waals surface area contributed by atoms with Crippen LogP contribution in [0.4, 0.5) is 0 Å². The van der Waals surface area contributed by atoms with Gasteiger partial charge in [0.05, 0.1) is 0 Å². The summed E-state index contributed by atoms with van der Waals surface area (Å²) < 4.78 is 0. The topological polar surface area (TPSA) is 55.1 Å². The standard InChI is InChI=1S/C5H10N2OS/c1-7-4(8)5(6)2-9-3-5/h2-3,6H2,1H3,(H,7,8). The third-order valence-corrected chi connectivity index (χ3v) is 2.84. The molecule has 9 heavy (non-hydrogen) atoms. The Labute approximate surface area is 58.4 Å². The van der Waals surface area contributed by atoms with Gasteiger partial charge in [-0.2, -0.15) is 11.8 Å². The molecule has 0 aliphatic carbocycles. The number of thioether (sulfide) groups is 1. The van der Waals surface area contributed by atoms with Crippen molar-refractivity contribution in [3.05, 3.63) is 0 Å². The molecule has 3 nitrogen and oxygen atoms in total. The fourth-order valence-corrected chi connectivity index (χ4v) is 1.61. The average Bonchev–Trinajstić information content (AvgIpc) is 1.81. The first kappa shape index (κ1) is 6.89. The van der Waals surface area contributed by atoms with Crippen LogP contribution in [0.2, 0.25) is 0 Å². The molecule has 0 spiro atoms. The van der Waals surface area contributed by atoms with E-state index in [-0.39, 0.29) is 5.91 Å². The number of nitrogens with one attached hydrogen (secondary N) is 1. The first-order chi connectivity index (χ1) is 4.19. The van der Waals surface area contributed by atoms with Gasteiger partial charge in [-0.25, -0.2) is 0 Å². The second kappa shape index (κ2) is 2.19. The van der Waals surface area contributed by atoms with E-state index in [2.05, 4.69) is 5.32 Å². The van der Waals surface area contributed by atoms with E-state index in [1.165, 1.54) is 0 Å². The normalized spacial score (nSPS) is 22.4. The van der Waals surface area contributed by atoms with E-state index >= 15 is 0 Å². The molecule has 1 amide bonds. The highest BCUT2D eigenvalue weighted by Crippen LogP contribution is 2.26. The number of amides is 1. The van der Waals surface area contributed by atoms with E-state index in [9.17, 15) is 4.79 Å². The summed E-state index contributed by atoms with van der Waals surface area (Å²) in [6, 6.07) is 0. The lowest BCUT2D eigenvalue weighted by atomic mass is 10.1. The van der Waals surface area contributed by atoms with Crippen LogP contribution in [0.15, 0.2) is 0 Å². The molecule has 1 aliphatic rings. The highest BCUT2D eigenvalue weighted by Gasteiger charge is 2.40. The van der Waals surface area contributed by atoms with Crippen molar-refractivity contribution in [3.8, 4) is 0 Å². The van der Waals surface area contributed by atoms with Crippen LogP contribution in [-0.4, -0.2) is 30.0 Å². The van der Waals surface area contributed by atoms with Gasteiger partial charge in [-0.05, 0) is 0 Å². The van der Waals surface area contributed by atoms with Crippen LogP contribution in [0.5, 0.6) is 0 Å². The molecule has 0 aromatic heterocycles. The molecule has 0 saturated carbocycles. The van der Waals surface area contributed by atoms with Crippen LogP contribution in [0.25, 0.3) is 0 Å². The van der Waals surface area contributed by atoms with Gasteiger partial charge in [0, 0.05) is 18.6 Å². The van der Waals surface area contributed by atoms with Crippen molar-refractivity contribution >= 4 is 17.7 Å². The van der Waals surface area contributed by atoms with Crippen LogP contribution in [0.1, 0.15) is 0 Å². The van der Waals surface area contributed by atoms with Crippen LogP contribution in [0.3, 0.4) is 0 Å². The summed E-state index contributed by atoms with van der Waals surface area (Å²) in [5.74, 6) is 1.47. The Bertz CT molecular complexity index is 133. The second-order valence-corrected chi connectivity index (χ2v) is 3.21. The third-order valence-electron chi connectivity index (χ3n) is 1.40. The molecule has 0 aromatic carbocycles. The van der Waals surface area contributed by atoms with E-state index in [0.29, 0.717) is 0 Å². The quantitative estimate of drug-likeness (QED) is 0.508. The largest absolute Gasteiger partial charge is 0.358 e. The molecular weight excluding hydrogens is 136 g/mol. The molecule has 0 unspecified atom stereocenters. The molecule has 0 radical (unpaired) electrons. The number of nitrogens with two attached hydrogens (primary N) is 1. The summed E-state index contributed by atoms with van der Waals surface area (Å²) in [5, 5.41) is 2.53. The van der Waals surface area contributed by atoms with Gasteiger partial charge in [-0.3, -0.25) is 4.79 Å². The van der Waals surface area contributed by atoms with Gasteiger partial charge >= 0.3 is 0 Å². The van der Waals surface area contributed by atoms with Gasteiger partial charge in [-0.1, -0.05) is 0 Å². The van der Waals surface area contributed by atoms with Crippen LogP contribution < -0.4 is 11.1 Å². The Hall–Kier alpha value is -0.220. The van der Waals surface area contributed by atoms with Crippen molar-refractivity contribution in [2.45, 2.75) is 5.54 Å². The van der Waals surface area contributed by atoms with Crippen molar-refractivity contribution < 1.29 is 4.79 Å². The maximum atomic E-state index is 10.9. The van der Waals surface area contributed by atoms with Gasteiger partial charge in [0.25, 0.3) is 0 Å². The Morgan fingerprint density at radius 1 is 1.78 bits per heavy atom. The lowest BCUT2D eigenvalue weighted by Crippen LogP contribution is -2.62. The zero-order valence-corrected chi connectivity index (χ0v) is 6.12. The van der Waals surface area contributed by atoms with E-state index in [1.54, 1.807) is 18.8 Å². The summed E-state index contributed by atoms with van der Waals surface area (Å²) >= 11 is 1.70. The number of carbonyl (C=O) groups excluding carboxylic acids is 1. The number of carbonyl (C=O) groups is 1. The number of hydrogen-bond donors (Lipinski definition) is 2. The Morgan fingerprint density at radius 3 is 2.44 bits per heavy atom. The smallest absolute Gasteiger partial charge is 0.241 e. The number of hydrogen-bond acceptors (Lipinski definition) is 3. The van der Waals surface area contributed by atoms with Gasteiger partial charge in [-0.15, -0.1) is 0 Å². The summed E-state index contributed by atoms with van der Waals surface area (Å²) in [7, 11) is 1.61. The molecule has 1 heterocycles. The molecule has 1 fully saturated rings. The summed E-state index contributed by atoms with van der Waals surface area (Å²) in [5.41, 5.74) is 5.07. The molecule has 1 aliphatic heterocycles. The lowest BCUT2D eigenvalue weighted by Gasteiger charge is -2.34. The van der Waals surface area contributed by atoms with Crippen LogP contribution in [-0.2, 0) is 4.79 Å². The van der Waals surface area contributed by atoms with Crippen LogP contribution >= 0.6 is 11.8 Å². The Morgan fingerprint density at radius 2 is 2.33 bits per heavy atom.